The summed E-state index contributed by atoms with van der Waals surface area (Å²) < 4.78 is 1.16. The Morgan fingerprint density at radius 2 is 2.07 bits per heavy atom. The zero-order chi connectivity index (χ0) is 20.7. The Hall–Kier alpha value is -1.11. The van der Waals surface area contributed by atoms with Crippen molar-refractivity contribution in [1.29, 1.82) is 0 Å². The van der Waals surface area contributed by atoms with Gasteiger partial charge in [0.05, 0.1) is 4.60 Å². The van der Waals surface area contributed by atoms with Gasteiger partial charge in [-0.2, -0.15) is 0 Å². The summed E-state index contributed by atoms with van der Waals surface area (Å²) in [6, 6.07) is 5.68. The zero-order valence-corrected chi connectivity index (χ0v) is 20.4. The van der Waals surface area contributed by atoms with E-state index in [-0.39, 0.29) is 0 Å². The summed E-state index contributed by atoms with van der Waals surface area (Å²) >= 11 is 9.55. The van der Waals surface area contributed by atoms with Gasteiger partial charge in [0.2, 0.25) is 0 Å². The number of H-pyrrole nitrogens is 1. The SMILES string of the molecule is CCCN1C[C@@H](NC(=S)N(CC)CC)C[C@@H]2c3cc(C)cc4[nH]c(Br)c(c34)C[C@H]21. The van der Waals surface area contributed by atoms with Crippen molar-refractivity contribution in [2.24, 2.45) is 0 Å². The molecule has 2 N–H and O–H groups in total. The number of fused-ring (bicyclic) bond motifs is 2. The van der Waals surface area contributed by atoms with Crippen LogP contribution in [-0.2, 0) is 6.42 Å². The van der Waals surface area contributed by atoms with Gasteiger partial charge in [-0.05, 0) is 97.5 Å². The normalized spacial score (nSPS) is 23.8. The molecule has 4 rings (SSSR count). The van der Waals surface area contributed by atoms with Crippen molar-refractivity contribution in [2.45, 2.75) is 65.0 Å². The van der Waals surface area contributed by atoms with Crippen LogP contribution in [0.3, 0.4) is 0 Å². The highest BCUT2D eigenvalue weighted by Crippen LogP contribution is 2.46. The van der Waals surface area contributed by atoms with Crippen LogP contribution >= 0.6 is 28.1 Å². The van der Waals surface area contributed by atoms with Gasteiger partial charge in [0.25, 0.3) is 0 Å². The minimum atomic E-state index is 0.399. The van der Waals surface area contributed by atoms with Crippen LogP contribution in [0.1, 0.15) is 56.2 Å². The third-order valence-electron chi connectivity index (χ3n) is 6.75. The van der Waals surface area contributed by atoms with Crippen LogP contribution in [0.4, 0.5) is 0 Å². The number of likely N-dealkylation sites (tertiary alicyclic amines) is 1. The van der Waals surface area contributed by atoms with E-state index < -0.39 is 0 Å². The first kappa shape index (κ1) is 21.1. The molecule has 1 aromatic heterocycles. The monoisotopic (exact) mass is 476 g/mol. The second kappa shape index (κ2) is 8.56. The van der Waals surface area contributed by atoms with E-state index in [1.165, 1.54) is 34.0 Å². The average Bonchev–Trinajstić information content (AvgIpc) is 2.99. The van der Waals surface area contributed by atoms with Gasteiger partial charge in [0, 0.05) is 48.5 Å². The maximum Gasteiger partial charge on any atom is 0.169 e. The number of aryl methyl sites for hydroxylation is 1. The fraction of sp³-hybridized carbons (Fsp3) is 0.609. The molecule has 4 nitrogen and oxygen atoms in total. The molecule has 0 bridgehead atoms. The molecule has 29 heavy (non-hydrogen) atoms. The third-order valence-corrected chi connectivity index (χ3v) is 7.81. The molecule has 0 amide bonds. The van der Waals surface area contributed by atoms with Gasteiger partial charge >= 0.3 is 0 Å². The number of hydrogen-bond acceptors (Lipinski definition) is 2. The van der Waals surface area contributed by atoms with Gasteiger partial charge in [-0.25, -0.2) is 0 Å². The number of nitrogens with zero attached hydrogens (tertiary/aromatic N) is 2. The summed E-state index contributed by atoms with van der Waals surface area (Å²) in [5.74, 6) is 0.546. The number of hydrogen-bond donors (Lipinski definition) is 2. The van der Waals surface area contributed by atoms with E-state index in [4.69, 9.17) is 12.2 Å². The van der Waals surface area contributed by atoms with Crippen molar-refractivity contribution in [2.75, 3.05) is 26.2 Å². The van der Waals surface area contributed by atoms with E-state index in [1.807, 2.05) is 0 Å². The predicted octanol–water partition coefficient (Wildman–Crippen LogP) is 4.95. The highest BCUT2D eigenvalue weighted by Gasteiger charge is 2.41. The van der Waals surface area contributed by atoms with E-state index in [0.29, 0.717) is 18.0 Å². The average molecular weight is 478 g/mol. The molecule has 2 aliphatic rings. The van der Waals surface area contributed by atoms with Crippen molar-refractivity contribution in [3.8, 4) is 0 Å². The van der Waals surface area contributed by atoms with Crippen LogP contribution in [0.2, 0.25) is 0 Å². The Morgan fingerprint density at radius 3 is 2.76 bits per heavy atom. The lowest BCUT2D eigenvalue weighted by molar-refractivity contribution is 0.104. The first-order valence-electron chi connectivity index (χ1n) is 11.1. The maximum atomic E-state index is 5.74. The summed E-state index contributed by atoms with van der Waals surface area (Å²) in [5.41, 5.74) is 5.59. The van der Waals surface area contributed by atoms with Crippen LogP contribution in [0.5, 0.6) is 0 Å². The van der Waals surface area contributed by atoms with Gasteiger partial charge in [-0.1, -0.05) is 13.0 Å². The van der Waals surface area contributed by atoms with Gasteiger partial charge in [0.15, 0.2) is 5.11 Å². The zero-order valence-electron chi connectivity index (χ0n) is 18.0. The molecule has 2 heterocycles. The Kier molecular flexibility index (Phi) is 6.24. The van der Waals surface area contributed by atoms with E-state index >= 15 is 0 Å². The number of aromatic amines is 1. The molecule has 1 aliphatic heterocycles. The molecule has 0 unspecified atom stereocenters. The molecule has 2 aromatic rings. The molecule has 0 spiro atoms. The van der Waals surface area contributed by atoms with E-state index in [2.05, 4.69) is 75.9 Å². The number of benzene rings is 1. The second-order valence-corrected chi connectivity index (χ2v) is 9.80. The number of thiocarbonyl (C=S) groups is 1. The quantitative estimate of drug-likeness (QED) is 0.598. The smallest absolute Gasteiger partial charge is 0.169 e. The number of rotatable bonds is 5. The summed E-state index contributed by atoms with van der Waals surface area (Å²) in [4.78, 5) is 8.55. The Balaban J connectivity index is 1.69. The van der Waals surface area contributed by atoms with E-state index in [1.54, 1.807) is 0 Å². The molecule has 0 radical (unpaired) electrons. The Labute approximate surface area is 188 Å². The van der Waals surface area contributed by atoms with Crippen molar-refractivity contribution in [3.63, 3.8) is 0 Å². The van der Waals surface area contributed by atoms with E-state index in [9.17, 15) is 0 Å². The number of piperidine rings is 1. The first-order valence-corrected chi connectivity index (χ1v) is 12.3. The van der Waals surface area contributed by atoms with Crippen LogP contribution in [0, 0.1) is 6.92 Å². The molecular formula is C23H33BrN4S. The lowest BCUT2D eigenvalue weighted by Crippen LogP contribution is -2.57. The fourth-order valence-electron chi connectivity index (χ4n) is 5.49. The molecule has 1 aromatic carbocycles. The summed E-state index contributed by atoms with van der Waals surface area (Å²) in [7, 11) is 0. The minimum absolute atomic E-state index is 0.399. The van der Waals surface area contributed by atoms with Gasteiger partial charge < -0.3 is 15.2 Å². The molecule has 0 saturated carbocycles. The molecule has 1 aliphatic carbocycles. The highest BCUT2D eigenvalue weighted by atomic mass is 79.9. The Morgan fingerprint density at radius 1 is 1.31 bits per heavy atom. The lowest BCUT2D eigenvalue weighted by Gasteiger charge is -2.48. The fourth-order valence-corrected chi connectivity index (χ4v) is 6.49. The van der Waals surface area contributed by atoms with Crippen molar-refractivity contribution in [1.82, 2.24) is 20.1 Å². The lowest BCUT2D eigenvalue weighted by atomic mass is 9.73. The molecule has 1 fully saturated rings. The Bertz CT molecular complexity index is 904. The summed E-state index contributed by atoms with van der Waals surface area (Å²) in [5, 5.41) is 6.08. The second-order valence-electron chi connectivity index (χ2n) is 8.62. The molecule has 6 heteroatoms. The predicted molar refractivity (Wildman–Crippen MR) is 130 cm³/mol. The van der Waals surface area contributed by atoms with E-state index in [0.717, 1.165) is 48.7 Å². The van der Waals surface area contributed by atoms with Gasteiger partial charge in [-0.3, -0.25) is 4.90 Å². The summed E-state index contributed by atoms with van der Waals surface area (Å²) in [6.45, 7) is 13.0. The molecule has 158 valence electrons. The number of aromatic nitrogens is 1. The molecule has 3 atom stereocenters. The molecule has 1 saturated heterocycles. The first-order chi connectivity index (χ1) is 14.0. The van der Waals surface area contributed by atoms with Gasteiger partial charge in [-0.15, -0.1) is 0 Å². The van der Waals surface area contributed by atoms with Crippen LogP contribution in [-0.4, -0.2) is 58.2 Å². The summed E-state index contributed by atoms with van der Waals surface area (Å²) in [6.07, 6.45) is 3.45. The third kappa shape index (κ3) is 3.84. The van der Waals surface area contributed by atoms with Crippen LogP contribution in [0.15, 0.2) is 16.7 Å². The van der Waals surface area contributed by atoms with Gasteiger partial charge in [0.1, 0.15) is 0 Å². The van der Waals surface area contributed by atoms with Crippen LogP contribution < -0.4 is 5.32 Å². The standard InChI is InChI=1S/C23H33BrN4S/c1-5-8-28-13-15(25-23(29)27(6-2)7-3)11-16-17-9-14(4)10-19-21(17)18(12-20(16)28)22(24)26-19/h9-10,15-16,20,26H,5-8,11-13H2,1-4H3,(H,25,29)/t15-,16+,20+/m0/s1. The van der Waals surface area contributed by atoms with Crippen molar-refractivity contribution in [3.05, 3.63) is 33.4 Å². The minimum Gasteiger partial charge on any atom is -0.359 e. The van der Waals surface area contributed by atoms with Crippen molar-refractivity contribution < 1.29 is 0 Å². The largest absolute Gasteiger partial charge is 0.359 e. The van der Waals surface area contributed by atoms with Crippen molar-refractivity contribution >= 4 is 44.2 Å². The molecular weight excluding hydrogens is 444 g/mol. The maximum absolute atomic E-state index is 5.74. The van der Waals surface area contributed by atoms with Crippen LogP contribution in [0.25, 0.3) is 10.9 Å². The topological polar surface area (TPSA) is 34.3 Å². The number of nitrogens with one attached hydrogen (secondary N) is 2. The highest BCUT2D eigenvalue weighted by molar-refractivity contribution is 9.10. The number of halogens is 1.